The van der Waals surface area contributed by atoms with Crippen molar-refractivity contribution in [2.45, 2.75) is 5.92 Å². The molecule has 0 radical (unpaired) electrons. The van der Waals surface area contributed by atoms with Gasteiger partial charge in [0.25, 0.3) is 0 Å². The van der Waals surface area contributed by atoms with Gasteiger partial charge in [0.2, 0.25) is 0 Å². The average molecular weight is 267 g/mol. The van der Waals surface area contributed by atoms with Gasteiger partial charge in [-0.15, -0.1) is 0 Å². The maximum Gasteiger partial charge on any atom is 0.306 e. The van der Waals surface area contributed by atoms with Crippen LogP contribution in [0.5, 0.6) is 5.75 Å². The summed E-state index contributed by atoms with van der Waals surface area (Å²) in [6.45, 7) is -0.854. The first-order chi connectivity index (χ1) is 8.99. The van der Waals surface area contributed by atoms with E-state index < -0.39 is 18.3 Å². The van der Waals surface area contributed by atoms with Gasteiger partial charge in [0.15, 0.2) is 6.61 Å². The third-order valence-electron chi connectivity index (χ3n) is 2.58. The van der Waals surface area contributed by atoms with E-state index in [1.165, 1.54) is 30.3 Å². The maximum absolute atomic E-state index is 13.8. The van der Waals surface area contributed by atoms with Crippen molar-refractivity contribution in [3.05, 3.63) is 59.9 Å². The molecule has 0 bridgehead atoms. The number of anilines is 1. The number of alkyl halides is 2. The molecule has 0 spiro atoms. The van der Waals surface area contributed by atoms with Gasteiger partial charge >= 0.3 is 5.92 Å². The molecule has 0 aliphatic rings. The van der Waals surface area contributed by atoms with Crippen LogP contribution in [0, 0.1) is 5.82 Å². The number of rotatable bonds is 4. The molecular weight excluding hydrogens is 255 g/mol. The first-order valence-electron chi connectivity index (χ1n) is 5.60. The molecule has 0 saturated carbocycles. The first-order valence-corrected chi connectivity index (χ1v) is 5.60. The van der Waals surface area contributed by atoms with Gasteiger partial charge in [0.05, 0.1) is 5.69 Å². The fourth-order valence-electron chi connectivity index (χ4n) is 1.58. The van der Waals surface area contributed by atoms with E-state index in [2.05, 4.69) is 0 Å². The van der Waals surface area contributed by atoms with Crippen LogP contribution in [-0.2, 0) is 5.92 Å². The summed E-state index contributed by atoms with van der Waals surface area (Å²) in [4.78, 5) is 0. The van der Waals surface area contributed by atoms with Gasteiger partial charge in [0.1, 0.15) is 11.6 Å². The van der Waals surface area contributed by atoms with Gasteiger partial charge in [-0.1, -0.05) is 30.3 Å². The zero-order chi connectivity index (χ0) is 13.9. The highest BCUT2D eigenvalue weighted by atomic mass is 19.3. The highest BCUT2D eigenvalue weighted by Crippen LogP contribution is 2.30. The molecule has 0 unspecified atom stereocenters. The lowest BCUT2D eigenvalue weighted by Gasteiger charge is -2.18. The van der Waals surface area contributed by atoms with Crippen LogP contribution in [0.3, 0.4) is 0 Å². The van der Waals surface area contributed by atoms with E-state index in [0.29, 0.717) is 0 Å². The lowest BCUT2D eigenvalue weighted by molar-refractivity contribution is -0.0465. The summed E-state index contributed by atoms with van der Waals surface area (Å²) in [6, 6.07) is 10.7. The Kier molecular flexibility index (Phi) is 3.64. The lowest BCUT2D eigenvalue weighted by atomic mass is 10.1. The van der Waals surface area contributed by atoms with Gasteiger partial charge in [-0.2, -0.15) is 8.78 Å². The molecule has 5 heteroatoms. The van der Waals surface area contributed by atoms with Crippen molar-refractivity contribution in [1.82, 2.24) is 0 Å². The van der Waals surface area contributed by atoms with Gasteiger partial charge in [-0.25, -0.2) is 4.39 Å². The summed E-state index contributed by atoms with van der Waals surface area (Å²) in [7, 11) is 0. The Balaban J connectivity index is 2.09. The molecule has 0 saturated heterocycles. The van der Waals surface area contributed by atoms with Crippen LogP contribution < -0.4 is 10.5 Å². The van der Waals surface area contributed by atoms with Crippen molar-refractivity contribution in [3.63, 3.8) is 0 Å². The summed E-state index contributed by atoms with van der Waals surface area (Å²) >= 11 is 0. The van der Waals surface area contributed by atoms with Crippen LogP contribution >= 0.6 is 0 Å². The van der Waals surface area contributed by atoms with Crippen LogP contribution in [0.2, 0.25) is 0 Å². The summed E-state index contributed by atoms with van der Waals surface area (Å²) < 4.78 is 45.4. The molecule has 2 N–H and O–H groups in total. The fourth-order valence-corrected chi connectivity index (χ4v) is 1.58. The van der Waals surface area contributed by atoms with Crippen LogP contribution in [0.4, 0.5) is 18.9 Å². The Bertz CT molecular complexity index is 558. The monoisotopic (exact) mass is 267 g/mol. The maximum atomic E-state index is 13.8. The Morgan fingerprint density at radius 1 is 1.05 bits per heavy atom. The van der Waals surface area contributed by atoms with E-state index >= 15 is 0 Å². The normalized spacial score (nSPS) is 11.3. The van der Waals surface area contributed by atoms with E-state index in [1.807, 2.05) is 0 Å². The molecule has 19 heavy (non-hydrogen) atoms. The number of nitrogens with two attached hydrogens (primary N) is 1. The van der Waals surface area contributed by atoms with Gasteiger partial charge in [0, 0.05) is 11.6 Å². The van der Waals surface area contributed by atoms with Crippen LogP contribution in [0.15, 0.2) is 48.5 Å². The SMILES string of the molecule is Nc1cc(F)ccc1OCC(F)(F)c1ccccc1. The second-order valence-corrected chi connectivity index (χ2v) is 4.04. The number of ether oxygens (including phenoxy) is 1. The van der Waals surface area contributed by atoms with Crippen molar-refractivity contribution >= 4 is 5.69 Å². The minimum absolute atomic E-state index is 0.0103. The van der Waals surface area contributed by atoms with Crippen LogP contribution in [0.25, 0.3) is 0 Å². The fraction of sp³-hybridized carbons (Fsp3) is 0.143. The van der Waals surface area contributed by atoms with E-state index in [9.17, 15) is 13.2 Å². The zero-order valence-electron chi connectivity index (χ0n) is 9.95. The van der Waals surface area contributed by atoms with Crippen molar-refractivity contribution in [2.75, 3.05) is 12.3 Å². The standard InChI is InChI=1S/C14H12F3NO/c15-11-6-7-13(12(18)8-11)19-9-14(16,17)10-4-2-1-3-5-10/h1-8H,9,18H2. The third-order valence-corrected chi connectivity index (χ3v) is 2.58. The van der Waals surface area contributed by atoms with Gasteiger partial charge in [-0.05, 0) is 12.1 Å². The van der Waals surface area contributed by atoms with E-state index in [0.717, 1.165) is 12.1 Å². The Morgan fingerprint density at radius 2 is 1.74 bits per heavy atom. The summed E-state index contributed by atoms with van der Waals surface area (Å²) in [5.74, 6) is -3.64. The predicted molar refractivity (Wildman–Crippen MR) is 66.6 cm³/mol. The average Bonchev–Trinajstić information content (AvgIpc) is 2.39. The second-order valence-electron chi connectivity index (χ2n) is 4.04. The van der Waals surface area contributed by atoms with E-state index in [1.54, 1.807) is 6.07 Å². The number of halogens is 3. The van der Waals surface area contributed by atoms with Crippen LogP contribution in [-0.4, -0.2) is 6.61 Å². The molecule has 0 atom stereocenters. The highest BCUT2D eigenvalue weighted by molar-refractivity contribution is 5.52. The summed E-state index contributed by atoms with van der Waals surface area (Å²) in [5, 5.41) is 0. The summed E-state index contributed by atoms with van der Waals surface area (Å²) in [6.07, 6.45) is 0. The zero-order valence-corrected chi connectivity index (χ0v) is 9.95. The molecule has 0 fully saturated rings. The molecule has 2 nitrogen and oxygen atoms in total. The molecule has 0 aliphatic heterocycles. The molecule has 2 rings (SSSR count). The molecular formula is C14H12F3NO. The summed E-state index contributed by atoms with van der Waals surface area (Å²) in [5.41, 5.74) is 5.33. The van der Waals surface area contributed by atoms with Crippen molar-refractivity contribution in [1.29, 1.82) is 0 Å². The predicted octanol–water partition coefficient (Wildman–Crippen LogP) is 3.58. The molecule has 100 valence electrons. The van der Waals surface area contributed by atoms with Crippen molar-refractivity contribution in [3.8, 4) is 5.75 Å². The number of hydrogen-bond donors (Lipinski definition) is 1. The largest absolute Gasteiger partial charge is 0.485 e. The number of hydrogen-bond acceptors (Lipinski definition) is 2. The van der Waals surface area contributed by atoms with E-state index in [-0.39, 0.29) is 17.0 Å². The van der Waals surface area contributed by atoms with Gasteiger partial charge < -0.3 is 10.5 Å². The number of nitrogen functional groups attached to an aromatic ring is 1. The molecule has 0 aromatic heterocycles. The van der Waals surface area contributed by atoms with Crippen molar-refractivity contribution < 1.29 is 17.9 Å². The molecule has 0 amide bonds. The van der Waals surface area contributed by atoms with Crippen LogP contribution in [0.1, 0.15) is 5.56 Å². The first kappa shape index (κ1) is 13.3. The minimum atomic E-state index is -3.14. The Morgan fingerprint density at radius 3 is 2.37 bits per heavy atom. The topological polar surface area (TPSA) is 35.2 Å². The smallest absolute Gasteiger partial charge is 0.306 e. The Labute approximate surface area is 108 Å². The molecule has 2 aromatic carbocycles. The molecule has 0 heterocycles. The quantitative estimate of drug-likeness (QED) is 0.859. The highest BCUT2D eigenvalue weighted by Gasteiger charge is 2.32. The van der Waals surface area contributed by atoms with Crippen molar-refractivity contribution in [2.24, 2.45) is 0 Å². The van der Waals surface area contributed by atoms with Gasteiger partial charge in [-0.3, -0.25) is 0 Å². The third kappa shape index (κ3) is 3.19. The lowest BCUT2D eigenvalue weighted by Crippen LogP contribution is -2.23. The number of benzene rings is 2. The molecule has 2 aromatic rings. The van der Waals surface area contributed by atoms with E-state index in [4.69, 9.17) is 10.5 Å². The second kappa shape index (κ2) is 5.22. The Hall–Kier alpha value is -2.17. The molecule has 0 aliphatic carbocycles. The minimum Gasteiger partial charge on any atom is -0.485 e.